The summed E-state index contributed by atoms with van der Waals surface area (Å²) in [5, 5.41) is 2.98. The molecule has 1 aromatic carbocycles. The zero-order valence-electron chi connectivity index (χ0n) is 13.3. The van der Waals surface area contributed by atoms with Crippen LogP contribution in [0.15, 0.2) is 23.1 Å². The molecule has 1 heterocycles. The maximum Gasteiger partial charge on any atom is 0.252 e. The predicted octanol–water partition coefficient (Wildman–Crippen LogP) is 3.04. The van der Waals surface area contributed by atoms with Crippen molar-refractivity contribution in [2.45, 2.75) is 43.9 Å². The van der Waals surface area contributed by atoms with Crippen molar-refractivity contribution in [1.82, 2.24) is 9.62 Å². The minimum absolute atomic E-state index is 0.130. The number of carbonyl (C=O) groups excluding carboxylic acids is 1. The van der Waals surface area contributed by atoms with Gasteiger partial charge in [-0.15, -0.1) is 0 Å². The first kappa shape index (κ1) is 18.2. The van der Waals surface area contributed by atoms with E-state index in [1.165, 1.54) is 22.5 Å². The molecule has 0 bridgehead atoms. The topological polar surface area (TPSA) is 66.5 Å². The summed E-state index contributed by atoms with van der Waals surface area (Å²) >= 11 is 6.06. The molecule has 1 saturated heterocycles. The molecule has 0 atom stereocenters. The van der Waals surface area contributed by atoms with Crippen molar-refractivity contribution in [2.24, 2.45) is 0 Å². The van der Waals surface area contributed by atoms with Crippen LogP contribution < -0.4 is 5.32 Å². The molecule has 7 heteroatoms. The van der Waals surface area contributed by atoms with E-state index >= 15 is 0 Å². The Morgan fingerprint density at radius 1 is 1.22 bits per heavy atom. The lowest BCUT2D eigenvalue weighted by molar-refractivity contribution is 0.0953. The highest BCUT2D eigenvalue weighted by atomic mass is 35.5. The molecule has 1 N–H and O–H groups in total. The van der Waals surface area contributed by atoms with Crippen LogP contribution in [0.1, 0.15) is 49.4 Å². The Labute approximate surface area is 143 Å². The summed E-state index contributed by atoms with van der Waals surface area (Å²) < 4.78 is 27.1. The smallest absolute Gasteiger partial charge is 0.252 e. The number of nitrogens with one attached hydrogen (secondary N) is 1. The molecule has 0 aromatic heterocycles. The molecule has 0 spiro atoms. The van der Waals surface area contributed by atoms with Crippen molar-refractivity contribution in [3.8, 4) is 0 Å². The SMILES string of the molecule is CCCNC(=O)c1cc(S(=O)(=O)N2CCCCCC2)ccc1Cl. The van der Waals surface area contributed by atoms with Crippen LogP contribution in [-0.2, 0) is 10.0 Å². The number of nitrogens with zero attached hydrogens (tertiary/aromatic N) is 1. The zero-order valence-corrected chi connectivity index (χ0v) is 14.9. The fourth-order valence-electron chi connectivity index (χ4n) is 2.60. The van der Waals surface area contributed by atoms with E-state index in [0.29, 0.717) is 19.6 Å². The van der Waals surface area contributed by atoms with Crippen molar-refractivity contribution in [3.63, 3.8) is 0 Å². The van der Waals surface area contributed by atoms with Crippen molar-refractivity contribution in [2.75, 3.05) is 19.6 Å². The van der Waals surface area contributed by atoms with E-state index in [0.717, 1.165) is 32.1 Å². The van der Waals surface area contributed by atoms with Crippen molar-refractivity contribution in [3.05, 3.63) is 28.8 Å². The molecule has 2 rings (SSSR count). The summed E-state index contributed by atoms with van der Waals surface area (Å²) in [7, 11) is -3.58. The van der Waals surface area contributed by atoms with Gasteiger partial charge in [0.15, 0.2) is 0 Å². The molecule has 0 saturated carbocycles. The molecule has 0 radical (unpaired) electrons. The maximum absolute atomic E-state index is 12.8. The number of hydrogen-bond acceptors (Lipinski definition) is 3. The van der Waals surface area contributed by atoms with E-state index in [1.807, 2.05) is 6.92 Å². The third-order valence-corrected chi connectivity index (χ3v) is 6.15. The van der Waals surface area contributed by atoms with E-state index in [1.54, 1.807) is 0 Å². The number of amides is 1. The summed E-state index contributed by atoms with van der Waals surface area (Å²) in [6.45, 7) is 3.53. The van der Waals surface area contributed by atoms with Crippen LogP contribution in [0.25, 0.3) is 0 Å². The van der Waals surface area contributed by atoms with Gasteiger partial charge in [0, 0.05) is 19.6 Å². The van der Waals surface area contributed by atoms with E-state index < -0.39 is 10.0 Å². The minimum Gasteiger partial charge on any atom is -0.352 e. The fraction of sp³-hybridized carbons (Fsp3) is 0.562. The number of sulfonamides is 1. The average Bonchev–Trinajstić information content (AvgIpc) is 2.82. The molecule has 5 nitrogen and oxygen atoms in total. The number of halogens is 1. The Morgan fingerprint density at radius 3 is 2.48 bits per heavy atom. The molecule has 23 heavy (non-hydrogen) atoms. The molecular formula is C16H23ClN2O3S. The van der Waals surface area contributed by atoms with Crippen LogP contribution in [-0.4, -0.2) is 38.3 Å². The van der Waals surface area contributed by atoms with Crippen LogP contribution in [0.2, 0.25) is 5.02 Å². The van der Waals surface area contributed by atoms with E-state index in [2.05, 4.69) is 5.32 Å². The third-order valence-electron chi connectivity index (χ3n) is 3.92. The third kappa shape index (κ3) is 4.46. The average molecular weight is 359 g/mol. The second kappa shape index (κ2) is 8.13. The largest absolute Gasteiger partial charge is 0.352 e. The molecule has 1 aliphatic rings. The lowest BCUT2D eigenvalue weighted by atomic mass is 10.2. The second-order valence-electron chi connectivity index (χ2n) is 5.72. The Bertz CT molecular complexity index is 653. The molecule has 1 aromatic rings. The van der Waals surface area contributed by atoms with Gasteiger partial charge in [-0.05, 0) is 37.5 Å². The Morgan fingerprint density at radius 2 is 1.87 bits per heavy atom. The fourth-order valence-corrected chi connectivity index (χ4v) is 4.35. The van der Waals surface area contributed by atoms with Crippen LogP contribution in [0.3, 0.4) is 0 Å². The van der Waals surface area contributed by atoms with Gasteiger partial charge >= 0.3 is 0 Å². The molecule has 128 valence electrons. The van der Waals surface area contributed by atoms with Gasteiger partial charge in [-0.3, -0.25) is 4.79 Å². The van der Waals surface area contributed by atoms with Gasteiger partial charge in [-0.2, -0.15) is 4.31 Å². The molecular weight excluding hydrogens is 336 g/mol. The molecule has 1 amide bonds. The monoisotopic (exact) mass is 358 g/mol. The highest BCUT2D eigenvalue weighted by molar-refractivity contribution is 7.89. The first-order chi connectivity index (χ1) is 11.0. The van der Waals surface area contributed by atoms with Crippen LogP contribution in [0.4, 0.5) is 0 Å². The number of rotatable bonds is 5. The second-order valence-corrected chi connectivity index (χ2v) is 8.06. The highest BCUT2D eigenvalue weighted by Crippen LogP contribution is 2.24. The van der Waals surface area contributed by atoms with Gasteiger partial charge in [-0.25, -0.2) is 8.42 Å². The summed E-state index contributed by atoms with van der Waals surface area (Å²) in [6.07, 6.45) is 4.65. The summed E-state index contributed by atoms with van der Waals surface area (Å²) in [5.41, 5.74) is 0.205. The van der Waals surface area contributed by atoms with E-state index in [4.69, 9.17) is 11.6 Å². The zero-order chi connectivity index (χ0) is 16.9. The first-order valence-corrected chi connectivity index (χ1v) is 9.86. The Kier molecular flexibility index (Phi) is 6.44. The quantitative estimate of drug-likeness (QED) is 0.879. The normalized spacial score (nSPS) is 16.8. The standard InChI is InChI=1S/C16H23ClN2O3S/c1-2-9-18-16(20)14-12-13(7-8-15(14)17)23(21,22)19-10-5-3-4-6-11-19/h7-8,12H,2-6,9-11H2,1H3,(H,18,20). The maximum atomic E-state index is 12.8. The Hall–Kier alpha value is -1.11. The number of benzene rings is 1. The highest BCUT2D eigenvalue weighted by Gasteiger charge is 2.26. The first-order valence-electron chi connectivity index (χ1n) is 8.04. The molecule has 1 fully saturated rings. The molecule has 1 aliphatic heterocycles. The van der Waals surface area contributed by atoms with Gasteiger partial charge in [0.1, 0.15) is 0 Å². The van der Waals surface area contributed by atoms with Crippen molar-refractivity contribution < 1.29 is 13.2 Å². The lowest BCUT2D eigenvalue weighted by Crippen LogP contribution is -2.32. The van der Waals surface area contributed by atoms with Crippen LogP contribution in [0.5, 0.6) is 0 Å². The summed E-state index contributed by atoms with van der Waals surface area (Å²) in [4.78, 5) is 12.3. The van der Waals surface area contributed by atoms with Crippen molar-refractivity contribution >= 4 is 27.5 Å². The molecule has 0 unspecified atom stereocenters. The number of carbonyl (C=O) groups is 1. The predicted molar refractivity (Wildman–Crippen MR) is 91.3 cm³/mol. The molecule has 0 aliphatic carbocycles. The minimum atomic E-state index is -3.58. The Balaban J connectivity index is 2.29. The lowest BCUT2D eigenvalue weighted by Gasteiger charge is -2.20. The summed E-state index contributed by atoms with van der Waals surface area (Å²) in [5.74, 6) is -0.343. The van der Waals surface area contributed by atoms with Crippen molar-refractivity contribution in [1.29, 1.82) is 0 Å². The van der Waals surface area contributed by atoms with Gasteiger partial charge < -0.3 is 5.32 Å². The van der Waals surface area contributed by atoms with Gasteiger partial charge in [-0.1, -0.05) is 31.4 Å². The van der Waals surface area contributed by atoms with Crippen LogP contribution in [0, 0.1) is 0 Å². The number of hydrogen-bond donors (Lipinski definition) is 1. The van der Waals surface area contributed by atoms with E-state index in [9.17, 15) is 13.2 Å². The summed E-state index contributed by atoms with van der Waals surface area (Å²) in [6, 6.07) is 4.33. The van der Waals surface area contributed by atoms with Gasteiger partial charge in [0.25, 0.3) is 5.91 Å². The van der Waals surface area contributed by atoms with Gasteiger partial charge in [0.05, 0.1) is 15.5 Å². The van der Waals surface area contributed by atoms with Gasteiger partial charge in [0.2, 0.25) is 10.0 Å². The van der Waals surface area contributed by atoms with Crippen LogP contribution >= 0.6 is 11.6 Å². The van der Waals surface area contributed by atoms with E-state index in [-0.39, 0.29) is 21.4 Å².